The van der Waals surface area contributed by atoms with Gasteiger partial charge in [-0.1, -0.05) is 0 Å². The first kappa shape index (κ1) is 14.3. The SMILES string of the molecule is CCOC(Cn1ccc(=O)c([N+](=O)[O-])c1)OCC. The molecule has 1 heterocycles. The second-order valence-electron chi connectivity index (χ2n) is 3.49. The summed E-state index contributed by atoms with van der Waals surface area (Å²) in [6, 6.07) is 1.16. The van der Waals surface area contributed by atoms with Gasteiger partial charge in [-0.05, 0) is 13.8 Å². The standard InChI is InChI=1S/C11H16N2O5/c1-3-17-11(18-4-2)8-12-6-5-10(14)9(7-12)13(15)16/h5-7,11H,3-4,8H2,1-2H3. The van der Waals surface area contributed by atoms with E-state index in [1.54, 1.807) is 0 Å². The van der Waals surface area contributed by atoms with E-state index in [-0.39, 0.29) is 0 Å². The van der Waals surface area contributed by atoms with Crippen molar-refractivity contribution in [2.24, 2.45) is 0 Å². The third-order valence-corrected chi connectivity index (χ3v) is 2.22. The molecule has 0 saturated heterocycles. The molecule has 1 rings (SSSR count). The van der Waals surface area contributed by atoms with Crippen molar-refractivity contribution in [1.82, 2.24) is 4.57 Å². The number of nitro groups is 1. The van der Waals surface area contributed by atoms with Crippen LogP contribution in [0.4, 0.5) is 5.69 Å². The normalized spacial score (nSPS) is 10.8. The average Bonchev–Trinajstić information content (AvgIpc) is 2.32. The Morgan fingerprint density at radius 2 is 2.00 bits per heavy atom. The third-order valence-electron chi connectivity index (χ3n) is 2.22. The molecule has 0 fully saturated rings. The van der Waals surface area contributed by atoms with Gasteiger partial charge in [-0.15, -0.1) is 0 Å². The van der Waals surface area contributed by atoms with Crippen LogP contribution in [-0.2, 0) is 16.0 Å². The first-order valence-corrected chi connectivity index (χ1v) is 5.66. The zero-order valence-electron chi connectivity index (χ0n) is 10.4. The van der Waals surface area contributed by atoms with E-state index in [2.05, 4.69) is 0 Å². The lowest BCUT2D eigenvalue weighted by molar-refractivity contribution is -0.386. The Hall–Kier alpha value is -1.73. The zero-order chi connectivity index (χ0) is 13.5. The number of hydrogen-bond donors (Lipinski definition) is 0. The van der Waals surface area contributed by atoms with Crippen molar-refractivity contribution in [2.45, 2.75) is 26.7 Å². The van der Waals surface area contributed by atoms with Gasteiger partial charge in [0.2, 0.25) is 0 Å². The van der Waals surface area contributed by atoms with Gasteiger partial charge in [0.1, 0.15) is 0 Å². The molecule has 100 valence electrons. The van der Waals surface area contributed by atoms with Gasteiger partial charge in [-0.25, -0.2) is 0 Å². The van der Waals surface area contributed by atoms with Crippen molar-refractivity contribution in [3.8, 4) is 0 Å². The summed E-state index contributed by atoms with van der Waals surface area (Å²) in [6.45, 7) is 4.92. The fourth-order valence-electron chi connectivity index (χ4n) is 1.46. The van der Waals surface area contributed by atoms with Crippen molar-refractivity contribution in [3.05, 3.63) is 38.8 Å². The number of rotatable bonds is 7. The summed E-state index contributed by atoms with van der Waals surface area (Å²) in [4.78, 5) is 21.2. The topological polar surface area (TPSA) is 83.6 Å². The lowest BCUT2D eigenvalue weighted by Crippen LogP contribution is -2.24. The number of pyridine rings is 1. The Labute approximate surface area is 104 Å². The highest BCUT2D eigenvalue weighted by atomic mass is 16.7. The molecule has 1 aromatic rings. The first-order valence-electron chi connectivity index (χ1n) is 5.66. The van der Waals surface area contributed by atoms with Gasteiger partial charge in [-0.2, -0.15) is 0 Å². The summed E-state index contributed by atoms with van der Waals surface area (Å²) in [5.74, 6) is 0. The van der Waals surface area contributed by atoms with E-state index >= 15 is 0 Å². The Kier molecular flexibility index (Phi) is 5.47. The molecule has 0 saturated carbocycles. The highest BCUT2D eigenvalue weighted by molar-refractivity contribution is 5.25. The molecule has 0 aliphatic rings. The molecule has 0 aliphatic heterocycles. The van der Waals surface area contributed by atoms with Gasteiger partial charge >= 0.3 is 5.69 Å². The summed E-state index contributed by atoms with van der Waals surface area (Å²) in [7, 11) is 0. The maximum atomic E-state index is 11.2. The molecule has 0 spiro atoms. The molecule has 0 radical (unpaired) electrons. The van der Waals surface area contributed by atoms with E-state index in [1.807, 2.05) is 13.8 Å². The lowest BCUT2D eigenvalue weighted by Gasteiger charge is -2.18. The van der Waals surface area contributed by atoms with Crippen molar-refractivity contribution in [1.29, 1.82) is 0 Å². The van der Waals surface area contributed by atoms with Crippen LogP contribution < -0.4 is 5.43 Å². The molecule has 7 heteroatoms. The fraction of sp³-hybridized carbons (Fsp3) is 0.545. The van der Waals surface area contributed by atoms with Crippen molar-refractivity contribution in [2.75, 3.05) is 13.2 Å². The average molecular weight is 256 g/mol. The van der Waals surface area contributed by atoms with Crippen LogP contribution in [0.1, 0.15) is 13.8 Å². The third kappa shape index (κ3) is 3.94. The molecule has 0 unspecified atom stereocenters. The van der Waals surface area contributed by atoms with Gasteiger partial charge in [0.15, 0.2) is 6.29 Å². The van der Waals surface area contributed by atoms with Crippen LogP contribution >= 0.6 is 0 Å². The van der Waals surface area contributed by atoms with Crippen LogP contribution in [0.3, 0.4) is 0 Å². The second-order valence-corrected chi connectivity index (χ2v) is 3.49. The number of aromatic nitrogens is 1. The van der Waals surface area contributed by atoms with Crippen LogP contribution in [0.5, 0.6) is 0 Å². The molecule has 0 N–H and O–H groups in total. The first-order chi connectivity index (χ1) is 8.58. The fourth-order valence-corrected chi connectivity index (χ4v) is 1.46. The van der Waals surface area contributed by atoms with Gasteiger partial charge in [0.05, 0.1) is 17.7 Å². The van der Waals surface area contributed by atoms with E-state index in [0.29, 0.717) is 19.8 Å². The van der Waals surface area contributed by atoms with E-state index in [9.17, 15) is 14.9 Å². The quantitative estimate of drug-likeness (QED) is 0.415. The van der Waals surface area contributed by atoms with Crippen LogP contribution in [0.15, 0.2) is 23.3 Å². The molecule has 0 bridgehead atoms. The van der Waals surface area contributed by atoms with Crippen molar-refractivity contribution >= 4 is 5.69 Å². The Morgan fingerprint density at radius 1 is 1.39 bits per heavy atom. The van der Waals surface area contributed by atoms with Gasteiger partial charge in [0, 0.05) is 25.5 Å². The minimum atomic E-state index is -0.699. The summed E-state index contributed by atoms with van der Waals surface area (Å²) < 4.78 is 12.2. The van der Waals surface area contributed by atoms with Crippen LogP contribution in [-0.4, -0.2) is 29.0 Å². The maximum absolute atomic E-state index is 11.2. The van der Waals surface area contributed by atoms with Crippen LogP contribution in [0.25, 0.3) is 0 Å². The Bertz CT molecular complexity index is 451. The summed E-state index contributed by atoms with van der Waals surface area (Å²) in [6.07, 6.45) is 2.18. The van der Waals surface area contributed by atoms with Crippen LogP contribution in [0.2, 0.25) is 0 Å². The number of hydrogen-bond acceptors (Lipinski definition) is 5. The second kappa shape index (κ2) is 6.87. The molecular weight excluding hydrogens is 240 g/mol. The number of ether oxygens (including phenoxy) is 2. The Morgan fingerprint density at radius 3 is 2.50 bits per heavy atom. The molecule has 1 aromatic heterocycles. The highest BCUT2D eigenvalue weighted by Gasteiger charge is 2.14. The van der Waals surface area contributed by atoms with Crippen LogP contribution in [0, 0.1) is 10.1 Å². The van der Waals surface area contributed by atoms with Gasteiger partial charge < -0.3 is 14.0 Å². The molecule has 0 aromatic carbocycles. The van der Waals surface area contributed by atoms with E-state index in [0.717, 1.165) is 6.07 Å². The summed E-state index contributed by atoms with van der Waals surface area (Å²) in [5, 5.41) is 10.6. The van der Waals surface area contributed by atoms with Crippen molar-refractivity contribution < 1.29 is 14.4 Å². The maximum Gasteiger partial charge on any atom is 0.332 e. The molecule has 18 heavy (non-hydrogen) atoms. The van der Waals surface area contributed by atoms with E-state index in [4.69, 9.17) is 9.47 Å². The minimum absolute atomic E-state index is 0.294. The molecule has 0 aliphatic carbocycles. The molecule has 0 atom stereocenters. The summed E-state index contributed by atoms with van der Waals surface area (Å²) >= 11 is 0. The molecule has 7 nitrogen and oxygen atoms in total. The van der Waals surface area contributed by atoms with E-state index < -0.39 is 22.3 Å². The predicted octanol–water partition coefficient (Wildman–Crippen LogP) is 1.16. The van der Waals surface area contributed by atoms with Crippen molar-refractivity contribution in [3.63, 3.8) is 0 Å². The lowest BCUT2D eigenvalue weighted by atomic mass is 10.4. The Balaban J connectivity index is 2.86. The monoisotopic (exact) mass is 256 g/mol. The minimum Gasteiger partial charge on any atom is -0.351 e. The van der Waals surface area contributed by atoms with E-state index in [1.165, 1.54) is 17.0 Å². The zero-order valence-corrected chi connectivity index (χ0v) is 10.4. The number of nitrogens with zero attached hydrogens (tertiary/aromatic N) is 2. The van der Waals surface area contributed by atoms with Gasteiger partial charge in [0.25, 0.3) is 5.43 Å². The molecule has 0 amide bonds. The molecular formula is C11H16N2O5. The summed E-state index contributed by atoms with van der Waals surface area (Å²) in [5.41, 5.74) is -1.06. The smallest absolute Gasteiger partial charge is 0.332 e. The highest BCUT2D eigenvalue weighted by Crippen LogP contribution is 2.05. The van der Waals surface area contributed by atoms with Gasteiger partial charge in [-0.3, -0.25) is 14.9 Å². The predicted molar refractivity (Wildman–Crippen MR) is 64.4 cm³/mol. The largest absolute Gasteiger partial charge is 0.351 e.